The molecule has 2 aliphatic heterocycles. The second-order valence-electron chi connectivity index (χ2n) is 8.79. The average Bonchev–Trinajstić information content (AvgIpc) is 3.22. The van der Waals surface area contributed by atoms with Crippen LogP contribution in [0.3, 0.4) is 0 Å². The highest BCUT2D eigenvalue weighted by Crippen LogP contribution is 2.43. The molecule has 2 aliphatic rings. The van der Waals surface area contributed by atoms with Crippen molar-refractivity contribution in [1.82, 2.24) is 4.90 Å². The number of amides is 1. The van der Waals surface area contributed by atoms with E-state index in [0.717, 1.165) is 48.7 Å². The predicted octanol–water partition coefficient (Wildman–Crippen LogP) is 4.39. The van der Waals surface area contributed by atoms with Gasteiger partial charge in [0.25, 0.3) is 5.91 Å². The number of rotatable bonds is 6. The van der Waals surface area contributed by atoms with E-state index in [-0.39, 0.29) is 5.91 Å². The molecule has 0 spiro atoms. The van der Waals surface area contributed by atoms with Crippen molar-refractivity contribution in [3.63, 3.8) is 0 Å². The summed E-state index contributed by atoms with van der Waals surface area (Å²) in [5.74, 6) is 0.974. The summed E-state index contributed by atoms with van der Waals surface area (Å²) in [5.41, 5.74) is 5.81. The number of piperazine rings is 1. The lowest BCUT2D eigenvalue weighted by Gasteiger charge is -2.34. The second kappa shape index (κ2) is 9.72. The number of hydrogen-bond donors (Lipinski definition) is 2. The van der Waals surface area contributed by atoms with Crippen molar-refractivity contribution in [2.24, 2.45) is 0 Å². The molecule has 35 heavy (non-hydrogen) atoms. The van der Waals surface area contributed by atoms with Gasteiger partial charge in [-0.05, 0) is 42.9 Å². The third-order valence-corrected chi connectivity index (χ3v) is 6.59. The molecule has 1 saturated heterocycles. The Bertz CT molecular complexity index is 1250. The minimum atomic E-state index is -0.171. The lowest BCUT2D eigenvalue weighted by Crippen LogP contribution is -2.44. The lowest BCUT2D eigenvalue weighted by atomic mass is 9.99. The van der Waals surface area contributed by atoms with Gasteiger partial charge in [-0.1, -0.05) is 30.3 Å². The van der Waals surface area contributed by atoms with E-state index in [2.05, 4.69) is 51.7 Å². The summed E-state index contributed by atoms with van der Waals surface area (Å²) in [6, 6.07) is 22.0. The molecule has 0 atom stereocenters. The lowest BCUT2D eigenvalue weighted by molar-refractivity contribution is -0.110. The molecule has 2 heterocycles. The van der Waals surface area contributed by atoms with Crippen molar-refractivity contribution in [2.45, 2.75) is 0 Å². The van der Waals surface area contributed by atoms with Gasteiger partial charge in [0.2, 0.25) is 0 Å². The first-order valence-corrected chi connectivity index (χ1v) is 11.8. The van der Waals surface area contributed by atoms with Crippen LogP contribution in [0.1, 0.15) is 11.1 Å². The molecular formula is C28H30N4O3. The zero-order chi connectivity index (χ0) is 24.4. The van der Waals surface area contributed by atoms with Crippen LogP contribution in [-0.4, -0.2) is 58.3 Å². The van der Waals surface area contributed by atoms with E-state index in [9.17, 15) is 4.79 Å². The molecule has 180 valence electrons. The van der Waals surface area contributed by atoms with Crippen LogP contribution < -0.4 is 25.0 Å². The summed E-state index contributed by atoms with van der Waals surface area (Å²) >= 11 is 0. The van der Waals surface area contributed by atoms with Crippen LogP contribution in [0.15, 0.2) is 66.7 Å². The number of ether oxygens (including phenoxy) is 2. The van der Waals surface area contributed by atoms with Crippen LogP contribution in [0.5, 0.6) is 11.5 Å². The van der Waals surface area contributed by atoms with Gasteiger partial charge in [-0.2, -0.15) is 0 Å². The van der Waals surface area contributed by atoms with Gasteiger partial charge < -0.3 is 29.9 Å². The molecule has 1 fully saturated rings. The maximum absolute atomic E-state index is 13.2. The Kier molecular flexibility index (Phi) is 6.33. The van der Waals surface area contributed by atoms with Crippen LogP contribution in [-0.2, 0) is 4.79 Å². The summed E-state index contributed by atoms with van der Waals surface area (Å²) in [5, 5.41) is 6.51. The van der Waals surface area contributed by atoms with Gasteiger partial charge in [-0.25, -0.2) is 0 Å². The number of carbonyl (C=O) groups excluding carboxylic acids is 1. The molecule has 2 N–H and O–H groups in total. The number of nitrogens with zero attached hydrogens (tertiary/aromatic N) is 2. The molecule has 0 bridgehead atoms. The Morgan fingerprint density at radius 3 is 2.20 bits per heavy atom. The van der Waals surface area contributed by atoms with Crippen LogP contribution >= 0.6 is 0 Å². The third kappa shape index (κ3) is 4.55. The molecule has 3 aromatic rings. The Morgan fingerprint density at radius 2 is 1.54 bits per heavy atom. The first-order chi connectivity index (χ1) is 17.1. The second-order valence-corrected chi connectivity index (χ2v) is 8.79. The molecule has 3 aromatic carbocycles. The SMILES string of the molecule is COc1cc2c(cc1OC)C(=C(Nc1ccc(N3CCN(C)CC3)cc1)c1ccccc1)C(=O)N2. The highest BCUT2D eigenvalue weighted by atomic mass is 16.5. The molecule has 7 heteroatoms. The number of carbonyl (C=O) groups is 1. The number of hydrogen-bond acceptors (Lipinski definition) is 6. The van der Waals surface area contributed by atoms with E-state index in [4.69, 9.17) is 9.47 Å². The van der Waals surface area contributed by atoms with Crippen LogP contribution in [0.2, 0.25) is 0 Å². The van der Waals surface area contributed by atoms with Crippen molar-refractivity contribution in [3.8, 4) is 11.5 Å². The van der Waals surface area contributed by atoms with Gasteiger partial charge in [-0.15, -0.1) is 0 Å². The summed E-state index contributed by atoms with van der Waals surface area (Å²) < 4.78 is 10.9. The topological polar surface area (TPSA) is 66.1 Å². The maximum Gasteiger partial charge on any atom is 0.258 e. The molecule has 0 aromatic heterocycles. The normalized spacial score (nSPS) is 17.0. The van der Waals surface area contributed by atoms with Crippen molar-refractivity contribution < 1.29 is 14.3 Å². The van der Waals surface area contributed by atoms with Gasteiger partial charge >= 0.3 is 0 Å². The Morgan fingerprint density at radius 1 is 0.886 bits per heavy atom. The highest BCUT2D eigenvalue weighted by Gasteiger charge is 2.30. The van der Waals surface area contributed by atoms with Crippen molar-refractivity contribution in [3.05, 3.63) is 77.9 Å². The number of nitrogens with one attached hydrogen (secondary N) is 2. The first-order valence-electron chi connectivity index (χ1n) is 11.8. The maximum atomic E-state index is 13.2. The summed E-state index contributed by atoms with van der Waals surface area (Å²) in [6.07, 6.45) is 0. The fourth-order valence-corrected chi connectivity index (χ4v) is 4.59. The fourth-order valence-electron chi connectivity index (χ4n) is 4.59. The number of likely N-dealkylation sites (N-methyl/N-ethyl adjacent to an activating group) is 1. The van der Waals surface area contributed by atoms with Gasteiger partial charge in [0.05, 0.1) is 31.2 Å². The quantitative estimate of drug-likeness (QED) is 0.521. The fraction of sp³-hybridized carbons (Fsp3) is 0.250. The van der Waals surface area contributed by atoms with Gasteiger partial charge in [0, 0.05) is 49.2 Å². The van der Waals surface area contributed by atoms with E-state index >= 15 is 0 Å². The monoisotopic (exact) mass is 470 g/mol. The number of methoxy groups -OCH3 is 2. The first kappa shape index (κ1) is 22.8. The third-order valence-electron chi connectivity index (χ3n) is 6.59. The zero-order valence-corrected chi connectivity index (χ0v) is 20.3. The van der Waals surface area contributed by atoms with Gasteiger partial charge in [0.15, 0.2) is 11.5 Å². The molecule has 0 radical (unpaired) electrons. The van der Waals surface area contributed by atoms with E-state index in [1.165, 1.54) is 5.69 Å². The van der Waals surface area contributed by atoms with Crippen molar-refractivity contribution >= 4 is 34.2 Å². The largest absolute Gasteiger partial charge is 0.493 e. The van der Waals surface area contributed by atoms with Crippen LogP contribution in [0, 0.1) is 0 Å². The van der Waals surface area contributed by atoms with E-state index < -0.39 is 0 Å². The smallest absolute Gasteiger partial charge is 0.258 e. The minimum Gasteiger partial charge on any atom is -0.493 e. The molecular weight excluding hydrogens is 440 g/mol. The molecule has 0 saturated carbocycles. The van der Waals surface area contributed by atoms with Gasteiger partial charge in [0.1, 0.15) is 0 Å². The summed E-state index contributed by atoms with van der Waals surface area (Å²) in [7, 11) is 5.34. The van der Waals surface area contributed by atoms with E-state index in [1.807, 2.05) is 36.4 Å². The highest BCUT2D eigenvalue weighted by molar-refractivity contribution is 6.37. The van der Waals surface area contributed by atoms with Crippen molar-refractivity contribution in [1.29, 1.82) is 0 Å². The van der Waals surface area contributed by atoms with Crippen LogP contribution in [0.25, 0.3) is 11.3 Å². The minimum absolute atomic E-state index is 0.171. The molecule has 7 nitrogen and oxygen atoms in total. The predicted molar refractivity (Wildman–Crippen MR) is 141 cm³/mol. The van der Waals surface area contributed by atoms with E-state index in [1.54, 1.807) is 20.3 Å². The number of benzene rings is 3. The van der Waals surface area contributed by atoms with Gasteiger partial charge in [-0.3, -0.25) is 4.79 Å². The Balaban J connectivity index is 1.53. The zero-order valence-electron chi connectivity index (χ0n) is 20.3. The average molecular weight is 471 g/mol. The number of anilines is 3. The molecule has 1 amide bonds. The molecule has 0 aliphatic carbocycles. The summed E-state index contributed by atoms with van der Waals surface area (Å²) in [4.78, 5) is 18.0. The molecule has 0 unspecified atom stereocenters. The molecule has 5 rings (SSSR count). The van der Waals surface area contributed by atoms with E-state index in [0.29, 0.717) is 22.8 Å². The van der Waals surface area contributed by atoms with Crippen molar-refractivity contribution in [2.75, 3.05) is 63.0 Å². The van der Waals surface area contributed by atoms with Crippen LogP contribution in [0.4, 0.5) is 17.1 Å². The Labute approximate surface area is 206 Å². The summed E-state index contributed by atoms with van der Waals surface area (Å²) in [6.45, 7) is 4.16. The Hall–Kier alpha value is -3.97. The number of fused-ring (bicyclic) bond motifs is 1. The standard InChI is InChI=1S/C28H30N4O3/c1-31-13-15-32(16-14-31)21-11-9-20(10-12-21)29-27(19-7-5-4-6-8-19)26-22-17-24(34-2)25(35-3)18-23(22)30-28(26)33/h4-12,17-18,29H,13-16H2,1-3H3,(H,30,33).